The Labute approximate surface area is 143 Å². The lowest BCUT2D eigenvalue weighted by molar-refractivity contribution is -0.150. The molecule has 1 saturated carbocycles. The number of carboxylic acids is 1. The van der Waals surface area contributed by atoms with Gasteiger partial charge < -0.3 is 20.6 Å². The second-order valence-electron chi connectivity index (χ2n) is 6.92. The van der Waals surface area contributed by atoms with Crippen molar-refractivity contribution in [2.75, 3.05) is 13.6 Å². The van der Waals surface area contributed by atoms with E-state index >= 15 is 0 Å². The van der Waals surface area contributed by atoms with Gasteiger partial charge >= 0.3 is 5.97 Å². The van der Waals surface area contributed by atoms with Gasteiger partial charge in [0.05, 0.1) is 6.04 Å². The fourth-order valence-electron chi connectivity index (χ4n) is 3.72. The van der Waals surface area contributed by atoms with Crippen LogP contribution in [0.25, 0.3) is 0 Å². The lowest BCUT2D eigenvalue weighted by atomic mass is 9.83. The van der Waals surface area contributed by atoms with Gasteiger partial charge in [0, 0.05) is 6.54 Å². The zero-order chi connectivity index (χ0) is 17.7. The number of rotatable bonds is 6. The maximum Gasteiger partial charge on any atom is 0.326 e. The van der Waals surface area contributed by atoms with Gasteiger partial charge in [-0.15, -0.1) is 0 Å². The molecule has 7 heteroatoms. The van der Waals surface area contributed by atoms with Gasteiger partial charge in [0.1, 0.15) is 12.1 Å². The molecule has 0 radical (unpaired) electrons. The first-order valence-corrected chi connectivity index (χ1v) is 8.96. The van der Waals surface area contributed by atoms with Crippen molar-refractivity contribution in [3.05, 3.63) is 0 Å². The summed E-state index contributed by atoms with van der Waals surface area (Å²) in [5, 5.41) is 15.1. The molecular formula is C17H29N3O4. The number of amides is 2. The van der Waals surface area contributed by atoms with Crippen LogP contribution in [0.3, 0.4) is 0 Å². The van der Waals surface area contributed by atoms with Gasteiger partial charge in [-0.2, -0.15) is 0 Å². The average Bonchev–Trinajstić information content (AvgIpc) is 3.09. The van der Waals surface area contributed by atoms with Crippen LogP contribution in [-0.2, 0) is 14.4 Å². The first-order chi connectivity index (χ1) is 11.5. The van der Waals surface area contributed by atoms with Gasteiger partial charge in [0.15, 0.2) is 0 Å². The number of nitrogens with one attached hydrogen (secondary N) is 2. The van der Waals surface area contributed by atoms with E-state index in [1.54, 1.807) is 14.0 Å². The molecule has 0 spiro atoms. The Kier molecular flexibility index (Phi) is 6.60. The molecule has 2 fully saturated rings. The molecule has 0 aromatic rings. The number of likely N-dealkylation sites (tertiary alicyclic amines) is 1. The van der Waals surface area contributed by atoms with Gasteiger partial charge in [0.25, 0.3) is 0 Å². The van der Waals surface area contributed by atoms with E-state index in [9.17, 15) is 19.5 Å². The van der Waals surface area contributed by atoms with E-state index in [0.29, 0.717) is 19.4 Å². The summed E-state index contributed by atoms with van der Waals surface area (Å²) in [6, 6.07) is -1.77. The minimum absolute atomic E-state index is 0.0919. The molecule has 3 atom stereocenters. The largest absolute Gasteiger partial charge is 0.480 e. The molecule has 7 nitrogen and oxygen atoms in total. The molecule has 1 aliphatic carbocycles. The molecule has 3 N–H and O–H groups in total. The van der Waals surface area contributed by atoms with Gasteiger partial charge in [-0.05, 0) is 45.6 Å². The number of hydrogen-bond donors (Lipinski definition) is 3. The zero-order valence-electron chi connectivity index (χ0n) is 14.6. The standard InChI is InChI=1S/C17H29N3O4/c1-11(18-2)15(21)19-14(12-7-4-3-5-8-12)16(22)20-10-6-9-13(20)17(23)24/h11-14,18H,3-10H2,1-2H3,(H,19,21)(H,23,24)/t11-,13-,14-/m0/s1. The van der Waals surface area contributed by atoms with E-state index < -0.39 is 24.1 Å². The Balaban J connectivity index is 2.15. The molecule has 1 saturated heterocycles. The first-order valence-electron chi connectivity index (χ1n) is 8.96. The molecule has 0 aromatic heterocycles. The maximum absolute atomic E-state index is 13.0. The summed E-state index contributed by atoms with van der Waals surface area (Å²) < 4.78 is 0. The maximum atomic E-state index is 13.0. The predicted molar refractivity (Wildman–Crippen MR) is 89.4 cm³/mol. The SMILES string of the molecule is CN[C@@H](C)C(=O)N[C@H](C(=O)N1CCC[C@H]1C(=O)O)C1CCCCC1. The first kappa shape index (κ1) is 18.7. The Hall–Kier alpha value is -1.63. The molecule has 1 heterocycles. The van der Waals surface area contributed by atoms with Gasteiger partial charge in [0.2, 0.25) is 11.8 Å². The van der Waals surface area contributed by atoms with Crippen molar-refractivity contribution in [3.63, 3.8) is 0 Å². The highest BCUT2D eigenvalue weighted by Gasteiger charge is 2.40. The van der Waals surface area contributed by atoms with Crippen LogP contribution < -0.4 is 10.6 Å². The quantitative estimate of drug-likeness (QED) is 0.663. The molecule has 0 unspecified atom stereocenters. The molecule has 2 amide bonds. The van der Waals surface area contributed by atoms with Crippen molar-refractivity contribution in [2.24, 2.45) is 5.92 Å². The van der Waals surface area contributed by atoms with E-state index in [4.69, 9.17) is 0 Å². The predicted octanol–water partition coefficient (Wildman–Crippen LogP) is 0.735. The van der Waals surface area contributed by atoms with Gasteiger partial charge in [-0.3, -0.25) is 9.59 Å². The number of hydrogen-bond acceptors (Lipinski definition) is 4. The summed E-state index contributed by atoms with van der Waals surface area (Å²) in [4.78, 5) is 38.2. The highest BCUT2D eigenvalue weighted by atomic mass is 16.4. The monoisotopic (exact) mass is 339 g/mol. The zero-order valence-corrected chi connectivity index (χ0v) is 14.6. The highest BCUT2D eigenvalue weighted by Crippen LogP contribution is 2.29. The highest BCUT2D eigenvalue weighted by molar-refractivity contribution is 5.92. The van der Waals surface area contributed by atoms with E-state index in [0.717, 1.165) is 32.1 Å². The van der Waals surface area contributed by atoms with Crippen LogP contribution in [0, 0.1) is 5.92 Å². The Morgan fingerprint density at radius 3 is 2.33 bits per heavy atom. The topological polar surface area (TPSA) is 98.7 Å². The number of carbonyl (C=O) groups excluding carboxylic acids is 2. The molecule has 24 heavy (non-hydrogen) atoms. The number of carbonyl (C=O) groups is 3. The lowest BCUT2D eigenvalue weighted by Gasteiger charge is -2.34. The Morgan fingerprint density at radius 2 is 1.75 bits per heavy atom. The van der Waals surface area contributed by atoms with Crippen LogP contribution >= 0.6 is 0 Å². The van der Waals surface area contributed by atoms with Crippen molar-refractivity contribution >= 4 is 17.8 Å². The normalized spacial score (nSPS) is 24.4. The second kappa shape index (κ2) is 8.46. The summed E-state index contributed by atoms with van der Waals surface area (Å²) in [5.41, 5.74) is 0. The lowest BCUT2D eigenvalue weighted by Crippen LogP contribution is -2.57. The van der Waals surface area contributed by atoms with Crippen molar-refractivity contribution in [3.8, 4) is 0 Å². The smallest absolute Gasteiger partial charge is 0.326 e. The summed E-state index contributed by atoms with van der Waals surface area (Å²) in [7, 11) is 1.70. The van der Waals surface area contributed by atoms with Gasteiger partial charge in [-0.1, -0.05) is 19.3 Å². The van der Waals surface area contributed by atoms with Crippen LogP contribution in [0.1, 0.15) is 51.9 Å². The van der Waals surface area contributed by atoms with Crippen LogP contribution in [0.4, 0.5) is 0 Å². The molecule has 0 aromatic carbocycles. The molecular weight excluding hydrogens is 310 g/mol. The fourth-order valence-corrected chi connectivity index (χ4v) is 3.72. The summed E-state index contributed by atoms with van der Waals surface area (Å²) in [6.45, 7) is 2.20. The van der Waals surface area contributed by atoms with Crippen LogP contribution in [-0.4, -0.2) is 59.5 Å². The van der Waals surface area contributed by atoms with E-state index in [1.165, 1.54) is 4.90 Å². The third-order valence-corrected chi connectivity index (χ3v) is 5.33. The van der Waals surface area contributed by atoms with E-state index in [-0.39, 0.29) is 17.7 Å². The fraction of sp³-hybridized carbons (Fsp3) is 0.824. The number of aliphatic carboxylic acids is 1. The second-order valence-corrected chi connectivity index (χ2v) is 6.92. The number of likely N-dealkylation sites (N-methyl/N-ethyl adjacent to an activating group) is 1. The third-order valence-electron chi connectivity index (χ3n) is 5.33. The minimum atomic E-state index is -0.960. The van der Waals surface area contributed by atoms with Crippen LogP contribution in [0.2, 0.25) is 0 Å². The number of carboxylic acid groups (broad SMARTS) is 1. The summed E-state index contributed by atoms with van der Waals surface area (Å²) in [6.07, 6.45) is 6.23. The van der Waals surface area contributed by atoms with E-state index in [1.807, 2.05) is 0 Å². The van der Waals surface area contributed by atoms with Crippen molar-refractivity contribution in [2.45, 2.75) is 70.0 Å². The summed E-state index contributed by atoms with van der Waals surface area (Å²) in [5.74, 6) is -1.32. The molecule has 2 aliphatic rings. The third kappa shape index (κ3) is 4.26. The van der Waals surface area contributed by atoms with Crippen molar-refractivity contribution in [1.82, 2.24) is 15.5 Å². The average molecular weight is 339 g/mol. The molecule has 136 valence electrons. The Bertz CT molecular complexity index is 476. The van der Waals surface area contributed by atoms with Crippen molar-refractivity contribution in [1.29, 1.82) is 0 Å². The number of nitrogens with zero attached hydrogens (tertiary/aromatic N) is 1. The van der Waals surface area contributed by atoms with E-state index in [2.05, 4.69) is 10.6 Å². The minimum Gasteiger partial charge on any atom is -0.480 e. The molecule has 2 rings (SSSR count). The Morgan fingerprint density at radius 1 is 1.08 bits per heavy atom. The van der Waals surface area contributed by atoms with Crippen LogP contribution in [0.15, 0.2) is 0 Å². The molecule has 0 bridgehead atoms. The van der Waals surface area contributed by atoms with Gasteiger partial charge in [-0.25, -0.2) is 4.79 Å². The van der Waals surface area contributed by atoms with Crippen LogP contribution in [0.5, 0.6) is 0 Å². The molecule has 1 aliphatic heterocycles. The summed E-state index contributed by atoms with van der Waals surface area (Å²) >= 11 is 0. The van der Waals surface area contributed by atoms with Crippen molar-refractivity contribution < 1.29 is 19.5 Å².